The first kappa shape index (κ1) is 19.0. The van der Waals surface area contributed by atoms with Gasteiger partial charge in [0, 0.05) is 18.5 Å². The van der Waals surface area contributed by atoms with E-state index in [-0.39, 0.29) is 16.7 Å². The molecule has 6 nitrogen and oxygen atoms in total. The van der Waals surface area contributed by atoms with Crippen molar-refractivity contribution in [2.75, 3.05) is 19.8 Å². The van der Waals surface area contributed by atoms with Crippen LogP contribution in [0.15, 0.2) is 47.4 Å². The molecule has 28 heavy (non-hydrogen) atoms. The van der Waals surface area contributed by atoms with Gasteiger partial charge in [0.1, 0.15) is 0 Å². The summed E-state index contributed by atoms with van der Waals surface area (Å²) in [5.74, 6) is 1.21. The van der Waals surface area contributed by atoms with Gasteiger partial charge in [0.05, 0.1) is 24.2 Å². The van der Waals surface area contributed by atoms with Gasteiger partial charge in [-0.15, -0.1) is 0 Å². The van der Waals surface area contributed by atoms with E-state index in [9.17, 15) is 13.2 Å². The third kappa shape index (κ3) is 3.52. The van der Waals surface area contributed by atoms with Crippen LogP contribution in [0.1, 0.15) is 48.1 Å². The van der Waals surface area contributed by atoms with Gasteiger partial charge >= 0.3 is 0 Å². The number of nitrogens with zero attached hydrogens (tertiary/aromatic N) is 1. The number of hydrogen-bond acceptors (Lipinski definition) is 5. The van der Waals surface area contributed by atoms with E-state index in [0.29, 0.717) is 36.8 Å². The maximum Gasteiger partial charge on any atom is 0.243 e. The molecular formula is C21H23NO5S. The van der Waals surface area contributed by atoms with Crippen molar-refractivity contribution in [1.82, 2.24) is 4.31 Å². The van der Waals surface area contributed by atoms with Gasteiger partial charge in [-0.2, -0.15) is 4.31 Å². The molecule has 0 radical (unpaired) electrons. The first-order chi connectivity index (χ1) is 13.5. The molecule has 1 atom stereocenters. The number of ketones is 1. The molecule has 0 bridgehead atoms. The van der Waals surface area contributed by atoms with Crippen molar-refractivity contribution >= 4 is 15.8 Å². The van der Waals surface area contributed by atoms with Crippen molar-refractivity contribution in [2.24, 2.45) is 0 Å². The highest BCUT2D eigenvalue weighted by Gasteiger charge is 2.36. The summed E-state index contributed by atoms with van der Waals surface area (Å²) in [6, 6.07) is 11.7. The van der Waals surface area contributed by atoms with E-state index in [0.717, 1.165) is 24.8 Å². The highest BCUT2D eigenvalue weighted by molar-refractivity contribution is 7.89. The second-order valence-electron chi connectivity index (χ2n) is 7.11. The minimum Gasteiger partial charge on any atom is -0.490 e. The van der Waals surface area contributed by atoms with Gasteiger partial charge in [-0.25, -0.2) is 8.42 Å². The van der Waals surface area contributed by atoms with Gasteiger partial charge in [-0.3, -0.25) is 4.79 Å². The van der Waals surface area contributed by atoms with E-state index in [4.69, 9.17) is 9.47 Å². The smallest absolute Gasteiger partial charge is 0.243 e. The summed E-state index contributed by atoms with van der Waals surface area (Å²) in [7, 11) is -3.71. The lowest BCUT2D eigenvalue weighted by atomic mass is 10.0. The van der Waals surface area contributed by atoms with E-state index in [1.54, 1.807) is 18.2 Å². The Morgan fingerprint density at radius 2 is 1.82 bits per heavy atom. The molecule has 1 fully saturated rings. The summed E-state index contributed by atoms with van der Waals surface area (Å²) in [4.78, 5) is 11.8. The molecule has 2 aromatic rings. The quantitative estimate of drug-likeness (QED) is 0.732. The number of hydrogen-bond donors (Lipinski definition) is 0. The molecule has 2 aliphatic heterocycles. The minimum atomic E-state index is -3.71. The molecule has 2 aliphatic rings. The highest BCUT2D eigenvalue weighted by Crippen LogP contribution is 2.40. The summed E-state index contributed by atoms with van der Waals surface area (Å²) >= 11 is 0. The first-order valence-corrected chi connectivity index (χ1v) is 10.9. The molecule has 0 N–H and O–H groups in total. The lowest BCUT2D eigenvalue weighted by molar-refractivity contribution is 0.101. The second kappa shape index (κ2) is 7.56. The Morgan fingerprint density at radius 3 is 2.61 bits per heavy atom. The Balaban J connectivity index is 1.67. The summed E-state index contributed by atoms with van der Waals surface area (Å²) in [6.07, 6.45) is 2.34. The van der Waals surface area contributed by atoms with E-state index >= 15 is 0 Å². The first-order valence-electron chi connectivity index (χ1n) is 9.49. The van der Waals surface area contributed by atoms with Crippen LogP contribution >= 0.6 is 0 Å². The molecule has 1 saturated heterocycles. The lowest BCUT2D eigenvalue weighted by Gasteiger charge is -2.25. The van der Waals surface area contributed by atoms with Crippen LogP contribution in [0, 0.1) is 0 Å². The van der Waals surface area contributed by atoms with Crippen molar-refractivity contribution in [2.45, 2.75) is 37.1 Å². The Morgan fingerprint density at radius 1 is 1.04 bits per heavy atom. The van der Waals surface area contributed by atoms with Crippen LogP contribution in [-0.2, 0) is 10.0 Å². The van der Waals surface area contributed by atoms with E-state index in [1.807, 2.05) is 18.2 Å². The zero-order chi connectivity index (χ0) is 19.7. The molecule has 2 aromatic carbocycles. The fourth-order valence-corrected chi connectivity index (χ4v) is 5.49. The van der Waals surface area contributed by atoms with Crippen molar-refractivity contribution < 1.29 is 22.7 Å². The molecule has 1 unspecified atom stereocenters. The number of benzene rings is 2. The van der Waals surface area contributed by atoms with Crippen LogP contribution in [0.2, 0.25) is 0 Å². The number of Topliss-reactive ketones (excluding diaryl/α,β-unsaturated/α-hetero) is 1. The van der Waals surface area contributed by atoms with E-state index in [1.165, 1.54) is 17.3 Å². The Labute approximate surface area is 165 Å². The number of carbonyl (C=O) groups excluding carboxylic acids is 1. The van der Waals surface area contributed by atoms with Gasteiger partial charge in [0.15, 0.2) is 17.3 Å². The molecule has 2 heterocycles. The van der Waals surface area contributed by atoms with Crippen molar-refractivity contribution in [3.8, 4) is 11.5 Å². The SMILES string of the molecule is CC(=O)c1cccc(S(=O)(=O)N2CCCC2c2ccc3c(c2)OCCCO3)c1. The predicted molar refractivity (Wildman–Crippen MR) is 104 cm³/mol. The van der Waals surface area contributed by atoms with Gasteiger partial charge in [0.2, 0.25) is 10.0 Å². The third-order valence-corrected chi connectivity index (χ3v) is 7.11. The summed E-state index contributed by atoms with van der Waals surface area (Å²) in [5.41, 5.74) is 1.29. The Kier molecular flexibility index (Phi) is 5.12. The molecule has 0 amide bonds. The number of rotatable bonds is 4. The maximum absolute atomic E-state index is 13.3. The molecule has 0 aliphatic carbocycles. The van der Waals surface area contributed by atoms with Crippen LogP contribution in [0.3, 0.4) is 0 Å². The zero-order valence-corrected chi connectivity index (χ0v) is 16.6. The van der Waals surface area contributed by atoms with Crippen molar-refractivity contribution in [3.63, 3.8) is 0 Å². The van der Waals surface area contributed by atoms with Gasteiger partial charge in [-0.05, 0) is 49.6 Å². The van der Waals surface area contributed by atoms with Crippen LogP contribution in [0.25, 0.3) is 0 Å². The van der Waals surface area contributed by atoms with Crippen LogP contribution in [0.5, 0.6) is 11.5 Å². The Bertz CT molecular complexity index is 1000. The van der Waals surface area contributed by atoms with Crippen molar-refractivity contribution in [3.05, 3.63) is 53.6 Å². The monoisotopic (exact) mass is 401 g/mol. The average Bonchev–Trinajstić information content (AvgIpc) is 3.08. The molecular weight excluding hydrogens is 378 g/mol. The summed E-state index contributed by atoms with van der Waals surface area (Å²) in [5, 5.41) is 0. The maximum atomic E-state index is 13.3. The van der Waals surface area contributed by atoms with Gasteiger partial charge in [-0.1, -0.05) is 18.2 Å². The number of ether oxygens (including phenoxy) is 2. The zero-order valence-electron chi connectivity index (χ0n) is 15.8. The van der Waals surface area contributed by atoms with Crippen molar-refractivity contribution in [1.29, 1.82) is 0 Å². The van der Waals surface area contributed by atoms with Crippen LogP contribution in [0.4, 0.5) is 0 Å². The molecule has 148 valence electrons. The molecule has 0 spiro atoms. The highest BCUT2D eigenvalue weighted by atomic mass is 32.2. The molecule has 0 saturated carbocycles. The number of sulfonamides is 1. The lowest BCUT2D eigenvalue weighted by Crippen LogP contribution is -2.30. The average molecular weight is 401 g/mol. The molecule has 7 heteroatoms. The van der Waals surface area contributed by atoms with E-state index < -0.39 is 10.0 Å². The standard InChI is InChI=1S/C21H23NO5S/c1-15(23)16-5-2-6-18(13-16)28(24,25)22-10-3-7-19(22)17-8-9-20-21(14-17)27-12-4-11-26-20/h2,5-6,8-9,13-14,19H,3-4,7,10-12H2,1H3. The Hall–Kier alpha value is -2.38. The topological polar surface area (TPSA) is 72.9 Å². The predicted octanol–water partition coefficient (Wildman–Crippen LogP) is 3.58. The van der Waals surface area contributed by atoms with E-state index in [2.05, 4.69) is 0 Å². The number of fused-ring (bicyclic) bond motifs is 1. The number of carbonyl (C=O) groups is 1. The van der Waals surface area contributed by atoms with Crippen LogP contribution in [-0.4, -0.2) is 38.3 Å². The normalized spacial score (nSPS) is 20.0. The largest absolute Gasteiger partial charge is 0.490 e. The fraction of sp³-hybridized carbons (Fsp3) is 0.381. The molecule has 0 aromatic heterocycles. The third-order valence-electron chi connectivity index (χ3n) is 5.21. The minimum absolute atomic E-state index is 0.154. The fourth-order valence-electron chi connectivity index (χ4n) is 3.76. The van der Waals surface area contributed by atoms with Gasteiger partial charge < -0.3 is 9.47 Å². The second-order valence-corrected chi connectivity index (χ2v) is 9.01. The molecule has 4 rings (SSSR count). The summed E-state index contributed by atoms with van der Waals surface area (Å²) in [6.45, 7) is 3.08. The summed E-state index contributed by atoms with van der Waals surface area (Å²) < 4.78 is 39.6. The van der Waals surface area contributed by atoms with Crippen LogP contribution < -0.4 is 9.47 Å². The van der Waals surface area contributed by atoms with Gasteiger partial charge in [0.25, 0.3) is 0 Å².